The molecule has 2 rings (SSSR count). The number of benzene rings is 1. The summed E-state index contributed by atoms with van der Waals surface area (Å²) in [5.41, 5.74) is 7.61. The van der Waals surface area contributed by atoms with E-state index < -0.39 is 0 Å². The Morgan fingerprint density at radius 1 is 1.42 bits per heavy atom. The number of carbonyl (C=O) groups excluding carboxylic acids is 1. The molecule has 0 spiro atoms. The monoisotopic (exact) mass is 257 g/mol. The maximum atomic E-state index is 12.0. The van der Waals surface area contributed by atoms with E-state index in [1.54, 1.807) is 30.6 Å². The number of hydrogen-bond donors (Lipinski definition) is 2. The zero-order chi connectivity index (χ0) is 13.7. The van der Waals surface area contributed by atoms with Gasteiger partial charge in [-0.05, 0) is 23.8 Å². The van der Waals surface area contributed by atoms with Gasteiger partial charge in [0.05, 0.1) is 7.11 Å². The van der Waals surface area contributed by atoms with E-state index >= 15 is 0 Å². The summed E-state index contributed by atoms with van der Waals surface area (Å²) in [4.78, 5) is 16.0. The van der Waals surface area contributed by atoms with Crippen LogP contribution in [0.4, 0.5) is 5.69 Å². The topological polar surface area (TPSA) is 77.2 Å². The van der Waals surface area contributed by atoms with Crippen LogP contribution in [0.2, 0.25) is 0 Å². The van der Waals surface area contributed by atoms with Gasteiger partial charge in [-0.25, -0.2) is 0 Å². The number of nitrogens with one attached hydrogen (secondary N) is 1. The number of rotatable bonds is 4. The van der Waals surface area contributed by atoms with Crippen LogP contribution in [-0.2, 0) is 6.54 Å². The van der Waals surface area contributed by atoms with Gasteiger partial charge in [-0.15, -0.1) is 0 Å². The minimum atomic E-state index is -0.200. The van der Waals surface area contributed by atoms with Crippen molar-refractivity contribution in [3.63, 3.8) is 0 Å². The summed E-state index contributed by atoms with van der Waals surface area (Å²) >= 11 is 0. The van der Waals surface area contributed by atoms with E-state index in [2.05, 4.69) is 10.3 Å². The third-order valence-corrected chi connectivity index (χ3v) is 2.60. The highest BCUT2D eigenvalue weighted by atomic mass is 16.5. The smallest absolute Gasteiger partial charge is 0.251 e. The van der Waals surface area contributed by atoms with Gasteiger partial charge in [0.25, 0.3) is 5.91 Å². The van der Waals surface area contributed by atoms with Crippen molar-refractivity contribution >= 4 is 11.6 Å². The molecule has 0 fully saturated rings. The van der Waals surface area contributed by atoms with Crippen molar-refractivity contribution in [1.82, 2.24) is 10.3 Å². The van der Waals surface area contributed by atoms with E-state index in [-0.39, 0.29) is 5.91 Å². The molecule has 0 saturated carbocycles. The zero-order valence-electron chi connectivity index (χ0n) is 10.6. The molecule has 5 heteroatoms. The highest BCUT2D eigenvalue weighted by Gasteiger charge is 2.08. The Hall–Kier alpha value is -2.56. The minimum Gasteiger partial charge on any atom is -0.497 e. The summed E-state index contributed by atoms with van der Waals surface area (Å²) in [7, 11) is 1.53. The molecule has 5 nitrogen and oxygen atoms in total. The molecule has 1 aromatic carbocycles. The molecule has 98 valence electrons. The summed E-state index contributed by atoms with van der Waals surface area (Å²) in [5, 5.41) is 2.80. The fourth-order valence-corrected chi connectivity index (χ4v) is 1.66. The fraction of sp³-hybridized carbons (Fsp3) is 0.143. The lowest BCUT2D eigenvalue weighted by atomic mass is 10.1. The van der Waals surface area contributed by atoms with Crippen LogP contribution < -0.4 is 15.8 Å². The van der Waals surface area contributed by atoms with Crippen molar-refractivity contribution in [2.24, 2.45) is 0 Å². The Bertz CT molecular complexity index is 570. The summed E-state index contributed by atoms with van der Waals surface area (Å²) in [6.45, 7) is 0.420. The molecule has 3 N–H and O–H groups in total. The lowest BCUT2D eigenvalue weighted by Gasteiger charge is -2.08. The van der Waals surface area contributed by atoms with Gasteiger partial charge in [-0.2, -0.15) is 0 Å². The zero-order valence-corrected chi connectivity index (χ0v) is 10.6. The van der Waals surface area contributed by atoms with Crippen molar-refractivity contribution in [3.8, 4) is 5.75 Å². The molecular formula is C14H15N3O2. The summed E-state index contributed by atoms with van der Waals surface area (Å²) < 4.78 is 5.08. The van der Waals surface area contributed by atoms with Gasteiger partial charge in [0, 0.05) is 36.3 Å². The van der Waals surface area contributed by atoms with Crippen LogP contribution in [0.1, 0.15) is 15.9 Å². The highest BCUT2D eigenvalue weighted by molar-refractivity contribution is 5.95. The maximum Gasteiger partial charge on any atom is 0.251 e. The van der Waals surface area contributed by atoms with Gasteiger partial charge in [0.1, 0.15) is 5.75 Å². The molecule has 0 unspecified atom stereocenters. The first-order valence-corrected chi connectivity index (χ1v) is 5.80. The van der Waals surface area contributed by atoms with Crippen LogP contribution in [0.3, 0.4) is 0 Å². The molecule has 0 aliphatic carbocycles. The standard InChI is InChI=1S/C14H15N3O2/c1-19-13-6-11(5-12(15)7-13)14(18)17-9-10-3-2-4-16-8-10/h2-8H,9,15H2,1H3,(H,17,18). The van der Waals surface area contributed by atoms with E-state index in [9.17, 15) is 4.79 Å². The maximum absolute atomic E-state index is 12.0. The van der Waals surface area contributed by atoms with Crippen molar-refractivity contribution < 1.29 is 9.53 Å². The summed E-state index contributed by atoms with van der Waals surface area (Å²) in [6.07, 6.45) is 3.40. The number of amides is 1. The van der Waals surface area contributed by atoms with Gasteiger partial charge < -0.3 is 15.8 Å². The number of aromatic nitrogens is 1. The molecule has 0 aliphatic rings. The van der Waals surface area contributed by atoms with E-state index in [4.69, 9.17) is 10.5 Å². The van der Waals surface area contributed by atoms with Crippen LogP contribution in [-0.4, -0.2) is 18.0 Å². The minimum absolute atomic E-state index is 0.200. The van der Waals surface area contributed by atoms with Gasteiger partial charge >= 0.3 is 0 Å². The average Bonchev–Trinajstić information content (AvgIpc) is 2.45. The molecule has 0 atom stereocenters. The Morgan fingerprint density at radius 2 is 2.26 bits per heavy atom. The van der Waals surface area contributed by atoms with Gasteiger partial charge in [0.15, 0.2) is 0 Å². The first-order chi connectivity index (χ1) is 9.19. The number of carbonyl (C=O) groups is 1. The average molecular weight is 257 g/mol. The number of methoxy groups -OCH3 is 1. The Labute approximate surface area is 111 Å². The van der Waals surface area contributed by atoms with Crippen molar-refractivity contribution in [2.75, 3.05) is 12.8 Å². The first kappa shape index (κ1) is 12.9. The number of pyridine rings is 1. The quantitative estimate of drug-likeness (QED) is 0.816. The molecule has 2 aromatic rings. The second-order valence-electron chi connectivity index (χ2n) is 4.04. The number of nitrogens with zero attached hydrogens (tertiary/aromatic N) is 1. The molecule has 19 heavy (non-hydrogen) atoms. The molecule has 0 saturated heterocycles. The van der Waals surface area contributed by atoms with Crippen molar-refractivity contribution in [3.05, 3.63) is 53.9 Å². The lowest BCUT2D eigenvalue weighted by molar-refractivity contribution is 0.0950. The predicted octanol–water partition coefficient (Wildman–Crippen LogP) is 1.60. The van der Waals surface area contributed by atoms with E-state index in [0.717, 1.165) is 5.56 Å². The summed E-state index contributed by atoms with van der Waals surface area (Å²) in [6, 6.07) is 8.65. The third kappa shape index (κ3) is 3.45. The molecule has 0 aliphatic heterocycles. The fourth-order valence-electron chi connectivity index (χ4n) is 1.66. The molecular weight excluding hydrogens is 242 g/mol. The Balaban J connectivity index is 2.06. The van der Waals surface area contributed by atoms with Gasteiger partial charge in [-0.3, -0.25) is 9.78 Å². The number of nitrogens with two attached hydrogens (primary N) is 1. The van der Waals surface area contributed by atoms with E-state index in [0.29, 0.717) is 23.5 Å². The normalized spacial score (nSPS) is 9.95. The predicted molar refractivity (Wildman–Crippen MR) is 72.8 cm³/mol. The Kier molecular flexibility index (Phi) is 3.97. The van der Waals surface area contributed by atoms with E-state index in [1.165, 1.54) is 7.11 Å². The molecule has 1 aromatic heterocycles. The van der Waals surface area contributed by atoms with Crippen LogP contribution in [0.15, 0.2) is 42.7 Å². The summed E-state index contributed by atoms with van der Waals surface area (Å²) in [5.74, 6) is 0.362. The first-order valence-electron chi connectivity index (χ1n) is 5.80. The SMILES string of the molecule is COc1cc(N)cc(C(=O)NCc2cccnc2)c1. The lowest BCUT2D eigenvalue weighted by Crippen LogP contribution is -2.23. The second-order valence-corrected chi connectivity index (χ2v) is 4.04. The molecule has 1 amide bonds. The van der Waals surface area contributed by atoms with Gasteiger partial charge in [0.2, 0.25) is 0 Å². The van der Waals surface area contributed by atoms with Crippen LogP contribution in [0.25, 0.3) is 0 Å². The third-order valence-electron chi connectivity index (χ3n) is 2.60. The van der Waals surface area contributed by atoms with Gasteiger partial charge in [-0.1, -0.05) is 6.07 Å². The number of ether oxygens (including phenoxy) is 1. The number of anilines is 1. The van der Waals surface area contributed by atoms with Crippen LogP contribution in [0.5, 0.6) is 5.75 Å². The highest BCUT2D eigenvalue weighted by Crippen LogP contribution is 2.18. The molecule has 1 heterocycles. The number of hydrogen-bond acceptors (Lipinski definition) is 4. The van der Waals surface area contributed by atoms with Crippen LogP contribution in [0, 0.1) is 0 Å². The largest absolute Gasteiger partial charge is 0.497 e. The van der Waals surface area contributed by atoms with Crippen molar-refractivity contribution in [2.45, 2.75) is 6.54 Å². The van der Waals surface area contributed by atoms with Crippen LogP contribution >= 0.6 is 0 Å². The molecule has 0 radical (unpaired) electrons. The van der Waals surface area contributed by atoms with E-state index in [1.807, 2.05) is 12.1 Å². The second kappa shape index (κ2) is 5.86. The molecule has 0 bridgehead atoms. The number of nitrogen functional groups attached to an aromatic ring is 1. The van der Waals surface area contributed by atoms with Crippen molar-refractivity contribution in [1.29, 1.82) is 0 Å². The Morgan fingerprint density at radius 3 is 2.95 bits per heavy atom.